The van der Waals surface area contributed by atoms with Crippen molar-refractivity contribution in [2.24, 2.45) is 10.9 Å². The van der Waals surface area contributed by atoms with Gasteiger partial charge in [-0.15, -0.1) is 24.0 Å². The van der Waals surface area contributed by atoms with Gasteiger partial charge in [-0.3, -0.25) is 4.99 Å². The molecule has 0 aliphatic carbocycles. The molecule has 138 valence electrons. The molecule has 6 heteroatoms. The topological polar surface area (TPSA) is 54.2 Å². The van der Waals surface area contributed by atoms with Gasteiger partial charge in [0.2, 0.25) is 0 Å². The summed E-state index contributed by atoms with van der Waals surface area (Å²) in [6, 6.07) is 10.5. The van der Waals surface area contributed by atoms with Crippen LogP contribution in [-0.2, 0) is 0 Å². The third-order valence-corrected chi connectivity index (χ3v) is 4.43. The Morgan fingerprint density at radius 1 is 1.24 bits per heavy atom. The Morgan fingerprint density at radius 2 is 2.00 bits per heavy atom. The van der Waals surface area contributed by atoms with Gasteiger partial charge >= 0.3 is 0 Å². The Bertz CT molecular complexity index is 635. The zero-order valence-corrected chi connectivity index (χ0v) is 17.9. The summed E-state index contributed by atoms with van der Waals surface area (Å²) in [4.78, 5) is 4.34. The third kappa shape index (κ3) is 6.34. The molecule has 2 N–H and O–H groups in total. The third-order valence-electron chi connectivity index (χ3n) is 4.43. The van der Waals surface area contributed by atoms with Crippen molar-refractivity contribution in [3.8, 4) is 5.69 Å². The lowest BCUT2D eigenvalue weighted by atomic mass is 10.0. The van der Waals surface area contributed by atoms with Gasteiger partial charge in [0.1, 0.15) is 0 Å². The molecule has 0 fully saturated rings. The molecule has 1 aromatic carbocycles. The maximum Gasteiger partial charge on any atom is 0.191 e. The summed E-state index contributed by atoms with van der Waals surface area (Å²) in [7, 11) is 1.81. The van der Waals surface area contributed by atoms with E-state index >= 15 is 0 Å². The van der Waals surface area contributed by atoms with Gasteiger partial charge in [-0.25, -0.2) is 4.68 Å². The van der Waals surface area contributed by atoms with E-state index in [0.717, 1.165) is 18.2 Å². The Hall–Kier alpha value is -1.57. The molecule has 1 unspecified atom stereocenters. The second-order valence-electron chi connectivity index (χ2n) is 6.05. The van der Waals surface area contributed by atoms with Crippen LogP contribution < -0.4 is 10.6 Å². The van der Waals surface area contributed by atoms with Crippen LogP contribution in [-0.4, -0.2) is 29.3 Å². The Labute approximate surface area is 168 Å². The molecule has 2 rings (SSSR count). The average Bonchev–Trinajstić information content (AvgIpc) is 3.16. The first-order valence-electron chi connectivity index (χ1n) is 8.75. The second-order valence-corrected chi connectivity index (χ2v) is 6.05. The minimum Gasteiger partial charge on any atom is -0.356 e. The number of hydrogen-bond donors (Lipinski definition) is 2. The number of hydrogen-bond acceptors (Lipinski definition) is 2. The van der Waals surface area contributed by atoms with Crippen LogP contribution in [0.3, 0.4) is 0 Å². The average molecular weight is 455 g/mol. The number of halogens is 1. The van der Waals surface area contributed by atoms with Gasteiger partial charge in [0.05, 0.1) is 11.7 Å². The first-order valence-corrected chi connectivity index (χ1v) is 8.75. The highest BCUT2D eigenvalue weighted by Crippen LogP contribution is 2.16. The van der Waals surface area contributed by atoms with E-state index in [0.29, 0.717) is 5.92 Å². The molecule has 5 nitrogen and oxygen atoms in total. The summed E-state index contributed by atoms with van der Waals surface area (Å²) in [5.41, 5.74) is 2.26. The lowest BCUT2D eigenvalue weighted by molar-refractivity contribution is 0.479. The fourth-order valence-corrected chi connectivity index (χ4v) is 2.66. The number of nitrogens with one attached hydrogen (secondary N) is 2. The quantitative estimate of drug-likeness (QED) is 0.375. The van der Waals surface area contributed by atoms with E-state index in [1.165, 1.54) is 18.4 Å². The molecule has 0 aliphatic rings. The van der Waals surface area contributed by atoms with Gasteiger partial charge in [-0.2, -0.15) is 5.10 Å². The van der Waals surface area contributed by atoms with Crippen LogP contribution in [0.4, 0.5) is 0 Å². The van der Waals surface area contributed by atoms with Crippen LogP contribution in [0, 0.1) is 5.92 Å². The molecule has 1 heterocycles. The van der Waals surface area contributed by atoms with E-state index in [1.807, 2.05) is 24.0 Å². The van der Waals surface area contributed by atoms with Crippen molar-refractivity contribution in [3.05, 3.63) is 48.3 Å². The maximum absolute atomic E-state index is 4.34. The summed E-state index contributed by atoms with van der Waals surface area (Å²) in [5.74, 6) is 1.53. The first-order chi connectivity index (χ1) is 11.7. The summed E-state index contributed by atoms with van der Waals surface area (Å²) in [5, 5.41) is 11.2. The van der Waals surface area contributed by atoms with Gasteiger partial charge in [-0.05, 0) is 36.6 Å². The Morgan fingerprint density at radius 3 is 2.60 bits per heavy atom. The summed E-state index contributed by atoms with van der Waals surface area (Å²) < 4.78 is 1.87. The fraction of sp³-hybridized carbons (Fsp3) is 0.474. The minimum atomic E-state index is 0. The van der Waals surface area contributed by atoms with Gasteiger partial charge in [0, 0.05) is 26.0 Å². The molecule has 1 aromatic heterocycles. The van der Waals surface area contributed by atoms with Gasteiger partial charge in [-0.1, -0.05) is 38.8 Å². The van der Waals surface area contributed by atoms with E-state index in [4.69, 9.17) is 0 Å². The molecule has 0 spiro atoms. The molecular formula is C19H30IN5. The maximum atomic E-state index is 4.34. The van der Waals surface area contributed by atoms with E-state index in [1.54, 1.807) is 6.20 Å². The van der Waals surface area contributed by atoms with Gasteiger partial charge in [0.15, 0.2) is 5.96 Å². The molecule has 0 radical (unpaired) electrons. The zero-order chi connectivity index (χ0) is 17.4. The number of aromatic nitrogens is 2. The predicted octanol–water partition coefficient (Wildman–Crippen LogP) is 4.15. The molecule has 0 saturated heterocycles. The van der Waals surface area contributed by atoms with Crippen molar-refractivity contribution in [1.82, 2.24) is 20.4 Å². The summed E-state index contributed by atoms with van der Waals surface area (Å²) >= 11 is 0. The van der Waals surface area contributed by atoms with E-state index in [-0.39, 0.29) is 30.0 Å². The molecule has 0 saturated carbocycles. The normalized spacial score (nSPS) is 12.6. The number of benzene rings is 1. The van der Waals surface area contributed by atoms with Crippen LogP contribution in [0.1, 0.15) is 45.2 Å². The van der Waals surface area contributed by atoms with Gasteiger partial charge in [0.25, 0.3) is 0 Å². The highest BCUT2D eigenvalue weighted by Gasteiger charge is 2.10. The molecule has 2 aromatic rings. The highest BCUT2D eigenvalue weighted by atomic mass is 127. The van der Waals surface area contributed by atoms with Crippen LogP contribution in [0.2, 0.25) is 0 Å². The first kappa shape index (κ1) is 21.5. The number of guanidine groups is 1. The fourth-order valence-electron chi connectivity index (χ4n) is 2.66. The summed E-state index contributed by atoms with van der Waals surface area (Å²) in [6.45, 7) is 7.56. The van der Waals surface area contributed by atoms with Crippen molar-refractivity contribution in [3.63, 3.8) is 0 Å². The highest BCUT2D eigenvalue weighted by molar-refractivity contribution is 14.0. The van der Waals surface area contributed by atoms with Gasteiger partial charge < -0.3 is 10.6 Å². The monoisotopic (exact) mass is 455 g/mol. The lowest BCUT2D eigenvalue weighted by Gasteiger charge is -2.21. The molecule has 0 bridgehead atoms. The van der Waals surface area contributed by atoms with E-state index in [2.05, 4.69) is 65.8 Å². The van der Waals surface area contributed by atoms with E-state index in [9.17, 15) is 0 Å². The number of rotatable bonds is 7. The van der Waals surface area contributed by atoms with Crippen LogP contribution >= 0.6 is 24.0 Å². The minimum absolute atomic E-state index is 0. The summed E-state index contributed by atoms with van der Waals surface area (Å²) in [6.07, 6.45) is 6.11. The lowest BCUT2D eigenvalue weighted by Crippen LogP contribution is -2.40. The predicted molar refractivity (Wildman–Crippen MR) is 116 cm³/mol. The molecule has 0 aliphatic heterocycles. The molecule has 0 amide bonds. The largest absolute Gasteiger partial charge is 0.356 e. The second kappa shape index (κ2) is 11.1. The van der Waals surface area contributed by atoms with Crippen molar-refractivity contribution < 1.29 is 0 Å². The number of aliphatic imine (C=N–C) groups is 1. The Balaban J connectivity index is 0.00000312. The van der Waals surface area contributed by atoms with Crippen molar-refractivity contribution in [1.29, 1.82) is 0 Å². The molecule has 25 heavy (non-hydrogen) atoms. The standard InChI is InChI=1S/C19H29N5.HI/c1-5-16(6-2)14-21-19(20-4)23-15(3)17-9-7-10-18(13-17)24-12-8-11-22-24;/h7-13,15-16H,5-6,14H2,1-4H3,(H2,20,21,23);1H. The van der Waals surface area contributed by atoms with Crippen molar-refractivity contribution >= 4 is 29.9 Å². The zero-order valence-electron chi connectivity index (χ0n) is 15.6. The number of nitrogens with zero attached hydrogens (tertiary/aromatic N) is 3. The Kier molecular flexibility index (Phi) is 9.55. The van der Waals surface area contributed by atoms with Crippen molar-refractivity contribution in [2.45, 2.75) is 39.7 Å². The van der Waals surface area contributed by atoms with E-state index < -0.39 is 0 Å². The molecular weight excluding hydrogens is 425 g/mol. The van der Waals surface area contributed by atoms with Crippen molar-refractivity contribution in [2.75, 3.05) is 13.6 Å². The van der Waals surface area contributed by atoms with Crippen LogP contribution in [0.25, 0.3) is 5.69 Å². The van der Waals surface area contributed by atoms with Crippen LogP contribution in [0.5, 0.6) is 0 Å². The van der Waals surface area contributed by atoms with Crippen LogP contribution in [0.15, 0.2) is 47.7 Å². The molecule has 1 atom stereocenters. The SMILES string of the molecule is CCC(CC)CNC(=NC)NC(C)c1cccc(-n2cccn2)c1.I. The smallest absolute Gasteiger partial charge is 0.191 e.